The average molecular weight is 390 g/mol. The lowest BCUT2D eigenvalue weighted by atomic mass is 10.1. The summed E-state index contributed by atoms with van der Waals surface area (Å²) in [4.78, 5) is 9.37. The predicted molar refractivity (Wildman–Crippen MR) is 112 cm³/mol. The monoisotopic (exact) mass is 390 g/mol. The molecule has 2 aromatic carbocycles. The maximum atomic E-state index is 10.3. The van der Waals surface area contributed by atoms with E-state index in [0.717, 1.165) is 28.5 Å². The van der Waals surface area contributed by atoms with Crippen molar-refractivity contribution in [1.82, 2.24) is 14.4 Å². The van der Waals surface area contributed by atoms with Crippen molar-refractivity contribution in [2.24, 2.45) is 0 Å². The molecule has 0 saturated heterocycles. The van der Waals surface area contributed by atoms with Crippen LogP contribution in [0.1, 0.15) is 11.4 Å². The van der Waals surface area contributed by atoms with Gasteiger partial charge in [-0.2, -0.15) is 0 Å². The third-order valence-corrected chi connectivity index (χ3v) is 4.70. The Bertz CT molecular complexity index is 1160. The smallest absolute Gasteiger partial charge is 0.236 e. The van der Waals surface area contributed by atoms with Crippen LogP contribution in [0, 0.1) is 13.8 Å². The van der Waals surface area contributed by atoms with E-state index < -0.39 is 0 Å². The summed E-state index contributed by atoms with van der Waals surface area (Å²) >= 11 is 0. The zero-order valence-electron chi connectivity index (χ0n) is 16.7. The van der Waals surface area contributed by atoms with Crippen LogP contribution >= 0.6 is 0 Å². The third kappa shape index (κ3) is 3.31. The Hall–Kier alpha value is -3.74. The van der Waals surface area contributed by atoms with Crippen LogP contribution in [0.5, 0.6) is 17.2 Å². The SMILES string of the molecule is COc1cc(-c2nc3nc(C)cc(C)n3c2Nc2ccccc2)cc(OC)c1O. The lowest BCUT2D eigenvalue weighted by molar-refractivity contribution is 0.340. The molecule has 0 fully saturated rings. The summed E-state index contributed by atoms with van der Waals surface area (Å²) < 4.78 is 12.6. The highest BCUT2D eigenvalue weighted by Crippen LogP contribution is 2.42. The third-order valence-electron chi connectivity index (χ3n) is 4.70. The molecule has 0 bridgehead atoms. The molecule has 0 atom stereocenters. The van der Waals surface area contributed by atoms with Gasteiger partial charge < -0.3 is 19.9 Å². The first-order valence-corrected chi connectivity index (χ1v) is 9.16. The van der Waals surface area contributed by atoms with Gasteiger partial charge in [0.05, 0.1) is 14.2 Å². The number of phenolic OH excluding ortho intramolecular Hbond substituents is 1. The fourth-order valence-corrected chi connectivity index (χ4v) is 3.38. The molecular formula is C22H22N4O3. The summed E-state index contributed by atoms with van der Waals surface area (Å²) in [6.45, 7) is 3.96. The zero-order valence-corrected chi connectivity index (χ0v) is 16.7. The molecule has 4 aromatic rings. The number of nitrogens with zero attached hydrogens (tertiary/aromatic N) is 3. The number of hydrogen-bond donors (Lipinski definition) is 2. The van der Waals surface area contributed by atoms with E-state index in [1.807, 2.05) is 54.6 Å². The number of nitrogens with one attached hydrogen (secondary N) is 1. The summed E-state index contributed by atoms with van der Waals surface area (Å²) in [5, 5.41) is 13.7. The molecular weight excluding hydrogens is 368 g/mol. The molecule has 2 heterocycles. The molecule has 7 nitrogen and oxygen atoms in total. The standard InChI is InChI=1S/C22H22N4O3/c1-13-10-14(2)26-21(24-16-8-6-5-7-9-16)19(25-22(26)23-13)15-11-17(28-3)20(27)18(12-15)29-4/h5-12,24,27H,1-4H3. The predicted octanol–water partition coefficient (Wildman–Crippen LogP) is 4.48. The number of anilines is 2. The van der Waals surface area contributed by atoms with Crippen molar-refractivity contribution < 1.29 is 14.6 Å². The fourth-order valence-electron chi connectivity index (χ4n) is 3.38. The van der Waals surface area contributed by atoms with Crippen LogP contribution in [-0.4, -0.2) is 33.7 Å². The molecule has 29 heavy (non-hydrogen) atoms. The summed E-state index contributed by atoms with van der Waals surface area (Å²) in [5.41, 5.74) is 4.22. The molecule has 0 aliphatic heterocycles. The molecule has 0 saturated carbocycles. The summed E-state index contributed by atoms with van der Waals surface area (Å²) in [6, 6.07) is 15.3. The molecule has 0 amide bonds. The van der Waals surface area contributed by atoms with Gasteiger partial charge in [-0.1, -0.05) is 18.2 Å². The lowest BCUT2D eigenvalue weighted by Crippen LogP contribution is -2.01. The van der Waals surface area contributed by atoms with Crippen LogP contribution in [0.2, 0.25) is 0 Å². The minimum Gasteiger partial charge on any atom is -0.502 e. The number of phenols is 1. The van der Waals surface area contributed by atoms with Gasteiger partial charge >= 0.3 is 0 Å². The molecule has 148 valence electrons. The van der Waals surface area contributed by atoms with Crippen LogP contribution < -0.4 is 14.8 Å². The second kappa shape index (κ2) is 7.35. The molecule has 2 aromatic heterocycles. The molecule has 0 aliphatic rings. The Morgan fingerprint density at radius 2 is 1.59 bits per heavy atom. The number of imidazole rings is 1. The van der Waals surface area contributed by atoms with E-state index in [1.165, 1.54) is 14.2 Å². The van der Waals surface area contributed by atoms with Crippen LogP contribution in [0.4, 0.5) is 11.5 Å². The van der Waals surface area contributed by atoms with Gasteiger partial charge in [-0.05, 0) is 44.2 Å². The fraction of sp³-hybridized carbons (Fsp3) is 0.182. The maximum Gasteiger partial charge on any atom is 0.236 e. The highest BCUT2D eigenvalue weighted by molar-refractivity contribution is 5.81. The first-order valence-electron chi connectivity index (χ1n) is 9.16. The van der Waals surface area contributed by atoms with E-state index >= 15 is 0 Å². The van der Waals surface area contributed by atoms with Crippen molar-refractivity contribution in [3.05, 3.63) is 59.9 Å². The van der Waals surface area contributed by atoms with Crippen LogP contribution in [0.3, 0.4) is 0 Å². The van der Waals surface area contributed by atoms with Gasteiger partial charge in [0.2, 0.25) is 11.5 Å². The van der Waals surface area contributed by atoms with Crippen molar-refractivity contribution in [3.63, 3.8) is 0 Å². The Kier molecular flexibility index (Phi) is 4.72. The summed E-state index contributed by atoms with van der Waals surface area (Å²) in [7, 11) is 3.00. The summed E-state index contributed by atoms with van der Waals surface area (Å²) in [5.74, 6) is 1.92. The van der Waals surface area contributed by atoms with E-state index in [2.05, 4.69) is 10.3 Å². The minimum absolute atomic E-state index is 0.0507. The molecule has 0 spiro atoms. The Labute approximate surface area is 168 Å². The number of ether oxygens (including phenoxy) is 2. The van der Waals surface area contributed by atoms with Crippen molar-refractivity contribution >= 4 is 17.3 Å². The first-order chi connectivity index (χ1) is 14.0. The van der Waals surface area contributed by atoms with E-state index in [4.69, 9.17) is 14.5 Å². The van der Waals surface area contributed by atoms with Gasteiger partial charge in [0.15, 0.2) is 11.5 Å². The van der Waals surface area contributed by atoms with E-state index in [1.54, 1.807) is 12.1 Å². The second-order valence-electron chi connectivity index (χ2n) is 6.70. The van der Waals surface area contributed by atoms with Crippen molar-refractivity contribution in [1.29, 1.82) is 0 Å². The molecule has 7 heteroatoms. The van der Waals surface area contributed by atoms with E-state index in [0.29, 0.717) is 23.0 Å². The number of hydrogen-bond acceptors (Lipinski definition) is 6. The van der Waals surface area contributed by atoms with Gasteiger partial charge in [-0.15, -0.1) is 0 Å². The van der Waals surface area contributed by atoms with E-state index in [9.17, 15) is 5.11 Å². The Balaban J connectivity index is 1.99. The normalized spacial score (nSPS) is 10.9. The maximum absolute atomic E-state index is 10.3. The zero-order chi connectivity index (χ0) is 20.5. The highest BCUT2D eigenvalue weighted by Gasteiger charge is 2.20. The molecule has 4 rings (SSSR count). The number of rotatable bonds is 5. The quantitative estimate of drug-likeness (QED) is 0.523. The summed E-state index contributed by atoms with van der Waals surface area (Å²) in [6.07, 6.45) is 0. The number of para-hydroxylation sites is 1. The van der Waals surface area contributed by atoms with Crippen molar-refractivity contribution in [2.45, 2.75) is 13.8 Å². The number of aromatic nitrogens is 3. The van der Waals surface area contributed by atoms with Gasteiger partial charge in [0.1, 0.15) is 11.5 Å². The van der Waals surface area contributed by atoms with Gasteiger partial charge in [0, 0.05) is 22.6 Å². The second-order valence-corrected chi connectivity index (χ2v) is 6.70. The topological polar surface area (TPSA) is 80.9 Å². The van der Waals surface area contributed by atoms with Crippen LogP contribution in [0.25, 0.3) is 17.0 Å². The minimum atomic E-state index is -0.0507. The van der Waals surface area contributed by atoms with Gasteiger partial charge in [-0.25, -0.2) is 9.97 Å². The van der Waals surface area contributed by atoms with Gasteiger partial charge in [0.25, 0.3) is 0 Å². The number of methoxy groups -OCH3 is 2. The number of benzene rings is 2. The van der Waals surface area contributed by atoms with Crippen LogP contribution in [0.15, 0.2) is 48.5 Å². The van der Waals surface area contributed by atoms with Crippen molar-refractivity contribution in [3.8, 4) is 28.5 Å². The van der Waals surface area contributed by atoms with Crippen LogP contribution in [-0.2, 0) is 0 Å². The van der Waals surface area contributed by atoms with Gasteiger partial charge in [-0.3, -0.25) is 4.40 Å². The largest absolute Gasteiger partial charge is 0.502 e. The van der Waals surface area contributed by atoms with Crippen molar-refractivity contribution in [2.75, 3.05) is 19.5 Å². The first kappa shape index (κ1) is 18.6. The number of aryl methyl sites for hydroxylation is 2. The number of fused-ring (bicyclic) bond motifs is 1. The lowest BCUT2D eigenvalue weighted by Gasteiger charge is -2.13. The Morgan fingerprint density at radius 3 is 2.21 bits per heavy atom. The highest BCUT2D eigenvalue weighted by atomic mass is 16.5. The van der Waals surface area contributed by atoms with E-state index in [-0.39, 0.29) is 5.75 Å². The molecule has 0 radical (unpaired) electrons. The molecule has 0 unspecified atom stereocenters. The molecule has 0 aliphatic carbocycles. The Morgan fingerprint density at radius 1 is 0.931 bits per heavy atom. The average Bonchev–Trinajstić information content (AvgIpc) is 3.07. The molecule has 2 N–H and O–H groups in total. The number of aromatic hydroxyl groups is 1.